The third-order valence-corrected chi connectivity index (χ3v) is 10.5. The predicted octanol–water partition coefficient (Wildman–Crippen LogP) is 12.7. The summed E-state index contributed by atoms with van der Waals surface area (Å²) in [5.41, 5.74) is 9.44. The second kappa shape index (κ2) is 13.0. The van der Waals surface area contributed by atoms with Crippen LogP contribution in [0.15, 0.2) is 200 Å². The summed E-state index contributed by atoms with van der Waals surface area (Å²) in [5, 5.41) is 4.06. The Morgan fingerprint density at radius 1 is 0.357 bits per heavy atom. The van der Waals surface area contributed by atoms with E-state index in [1.54, 1.807) is 0 Å². The number of para-hydroxylation sites is 3. The Morgan fingerprint density at radius 3 is 1.54 bits per heavy atom. The predicted molar refractivity (Wildman–Crippen MR) is 230 cm³/mol. The van der Waals surface area contributed by atoms with Crippen LogP contribution in [0.3, 0.4) is 0 Å². The van der Waals surface area contributed by atoms with Crippen molar-refractivity contribution in [2.45, 2.75) is 0 Å². The van der Waals surface area contributed by atoms with Crippen LogP contribution in [0.2, 0.25) is 0 Å². The molecule has 0 unspecified atom stereocenters. The number of hydrogen-bond acceptors (Lipinski definition) is 3. The Kier molecular flexibility index (Phi) is 6.29. The van der Waals surface area contributed by atoms with Gasteiger partial charge in [0.15, 0.2) is 11.6 Å². The molecule has 0 saturated carbocycles. The summed E-state index contributed by atoms with van der Waals surface area (Å²) in [6.07, 6.45) is 0. The Morgan fingerprint density at radius 2 is 0.857 bits per heavy atom. The van der Waals surface area contributed by atoms with Crippen molar-refractivity contribution in [3.05, 3.63) is 200 Å². The molecule has 0 amide bonds. The molecule has 0 aliphatic rings. The molecule has 3 aromatic heterocycles. The van der Waals surface area contributed by atoms with Crippen LogP contribution in [0.5, 0.6) is 0 Å². The number of hydrogen-bond donors (Lipinski definition) is 0. The highest BCUT2D eigenvalue weighted by Crippen LogP contribution is 2.43. The molecule has 0 aliphatic heterocycles. The van der Waals surface area contributed by atoms with Crippen LogP contribution in [-0.4, -0.2) is 24.1 Å². The van der Waals surface area contributed by atoms with Gasteiger partial charge in [0.2, 0.25) is 5.95 Å². The van der Waals surface area contributed by atoms with Gasteiger partial charge >= 0.3 is 0 Å². The van der Waals surface area contributed by atoms with E-state index in [0.29, 0.717) is 11.4 Å². The van der Waals surface area contributed by atoms with Crippen molar-refractivity contribution in [2.75, 3.05) is 0 Å². The fourth-order valence-corrected chi connectivity index (χ4v) is 8.00. The van der Waals surface area contributed by atoms with Gasteiger partial charge < -0.3 is 4.57 Å². The molecule has 56 heavy (non-hydrogen) atoms. The van der Waals surface area contributed by atoms with E-state index in [0.717, 1.165) is 71.6 Å². The number of rotatable bonds is 6. The Labute approximate surface area is 330 Å². The van der Waals surface area contributed by atoms with Gasteiger partial charge in [-0.25, -0.2) is 4.98 Å². The van der Waals surface area contributed by atoms with Gasteiger partial charge in [-0.1, -0.05) is 182 Å². The monoisotopic (exact) mass is 720 g/mol. The van der Waals surface area contributed by atoms with E-state index in [4.69, 9.17) is 21.8 Å². The molecule has 5 heteroatoms. The van der Waals surface area contributed by atoms with Gasteiger partial charge in [-0.2, -0.15) is 9.97 Å². The molecular weight excluding hydrogens is 683 g/mol. The van der Waals surface area contributed by atoms with Crippen LogP contribution < -0.4 is 0 Å². The molecule has 262 valence electrons. The molecule has 0 aliphatic carbocycles. The van der Waals surface area contributed by atoms with E-state index in [2.05, 4.69) is 95.6 Å². The highest BCUT2D eigenvalue weighted by Gasteiger charge is 2.24. The van der Waals surface area contributed by atoms with Crippen molar-refractivity contribution in [2.24, 2.45) is 0 Å². The molecule has 0 spiro atoms. The summed E-state index contributed by atoms with van der Waals surface area (Å²) >= 11 is 0. The Hall–Kier alpha value is -7.63. The first-order valence-electron chi connectivity index (χ1n) is 21.0. The lowest BCUT2D eigenvalue weighted by molar-refractivity contribution is 0.953. The largest absolute Gasteiger partial charge is 0.307 e. The van der Waals surface area contributed by atoms with Gasteiger partial charge in [0.25, 0.3) is 0 Å². The number of nitrogens with zero attached hydrogens (tertiary/aromatic N) is 5. The SMILES string of the molecule is [2H]c1c([2H])c([2H])c(-c2nc(-c3ccc(-c4ccccc4)cc3)nc(-n3c4ccccc4c4ccc5c6ccccc6n(-c6ccccc6-c6ccccc6)c5c43)n2)c([2H])c1[2H]. The second-order valence-electron chi connectivity index (χ2n) is 13.7. The molecule has 0 bridgehead atoms. The van der Waals surface area contributed by atoms with Gasteiger partial charge in [0.05, 0.1) is 34.6 Å². The van der Waals surface area contributed by atoms with Crippen LogP contribution in [0.1, 0.15) is 6.85 Å². The maximum Gasteiger partial charge on any atom is 0.238 e. The topological polar surface area (TPSA) is 48.5 Å². The first-order chi connectivity index (χ1) is 29.9. The van der Waals surface area contributed by atoms with Gasteiger partial charge in [0, 0.05) is 38.2 Å². The quantitative estimate of drug-likeness (QED) is 0.172. The fourth-order valence-electron chi connectivity index (χ4n) is 8.00. The van der Waals surface area contributed by atoms with Crippen LogP contribution in [0.25, 0.3) is 100 Å². The zero-order chi connectivity index (χ0) is 41.4. The molecule has 3 heterocycles. The zero-order valence-corrected chi connectivity index (χ0v) is 29.9. The maximum absolute atomic E-state index is 8.98. The summed E-state index contributed by atoms with van der Waals surface area (Å²) in [4.78, 5) is 15.1. The summed E-state index contributed by atoms with van der Waals surface area (Å²) < 4.78 is 47.8. The molecule has 0 N–H and O–H groups in total. The van der Waals surface area contributed by atoms with Crippen molar-refractivity contribution in [1.82, 2.24) is 24.1 Å². The van der Waals surface area contributed by atoms with E-state index in [9.17, 15) is 0 Å². The Balaban J connectivity index is 1.27. The van der Waals surface area contributed by atoms with Crippen molar-refractivity contribution in [1.29, 1.82) is 0 Å². The number of aromatic nitrogens is 5. The van der Waals surface area contributed by atoms with Gasteiger partial charge in [0.1, 0.15) is 0 Å². The van der Waals surface area contributed by atoms with E-state index in [-0.39, 0.29) is 17.3 Å². The van der Waals surface area contributed by atoms with Crippen LogP contribution in [0.4, 0.5) is 0 Å². The zero-order valence-electron chi connectivity index (χ0n) is 34.9. The van der Waals surface area contributed by atoms with Crippen molar-refractivity contribution in [3.8, 4) is 56.7 Å². The summed E-state index contributed by atoms with van der Waals surface area (Å²) in [5.74, 6) is 0.502. The van der Waals surface area contributed by atoms with Crippen LogP contribution >= 0.6 is 0 Å². The molecule has 11 aromatic rings. The molecular formula is C51H33N5. The number of benzene rings is 8. The highest BCUT2D eigenvalue weighted by atomic mass is 15.2. The van der Waals surface area contributed by atoms with E-state index in [1.807, 2.05) is 83.4 Å². The van der Waals surface area contributed by atoms with Crippen molar-refractivity contribution < 1.29 is 6.85 Å². The fraction of sp³-hybridized carbons (Fsp3) is 0. The van der Waals surface area contributed by atoms with E-state index in [1.165, 1.54) is 0 Å². The van der Waals surface area contributed by atoms with E-state index < -0.39 is 30.2 Å². The average molecular weight is 721 g/mol. The molecule has 8 aromatic carbocycles. The first-order valence-corrected chi connectivity index (χ1v) is 18.5. The highest BCUT2D eigenvalue weighted by molar-refractivity contribution is 6.24. The summed E-state index contributed by atoms with van der Waals surface area (Å²) in [7, 11) is 0. The minimum Gasteiger partial charge on any atom is -0.307 e. The second-order valence-corrected chi connectivity index (χ2v) is 13.7. The summed E-state index contributed by atoms with van der Waals surface area (Å²) in [6.45, 7) is 0. The average Bonchev–Trinajstić information content (AvgIpc) is 3.84. The molecule has 11 rings (SSSR count). The van der Waals surface area contributed by atoms with E-state index >= 15 is 0 Å². The molecule has 0 fully saturated rings. The third-order valence-electron chi connectivity index (χ3n) is 10.5. The molecule has 0 saturated heterocycles. The first kappa shape index (κ1) is 27.0. The lowest BCUT2D eigenvalue weighted by Gasteiger charge is -2.16. The standard InChI is InChI=1S/C51H33N5/c1-4-16-34(17-5-1)35-28-30-38(31-29-35)50-52-49(37-20-8-3-9-21-37)53-51(54-50)56-46-27-15-12-24-41(46)43-33-32-42-40-23-11-14-26-45(40)55(47(42)48(43)56)44-25-13-10-22-39(44)36-18-6-2-7-19-36/h1-33H/i3D,8D,9D,20D,21D. The minimum atomic E-state index is -0.488. The lowest BCUT2D eigenvalue weighted by atomic mass is 10.0. The maximum atomic E-state index is 8.98. The molecule has 5 nitrogen and oxygen atoms in total. The van der Waals surface area contributed by atoms with Gasteiger partial charge in [-0.15, -0.1) is 0 Å². The Bertz CT molecular complexity index is 3500. The van der Waals surface area contributed by atoms with Crippen LogP contribution in [-0.2, 0) is 0 Å². The van der Waals surface area contributed by atoms with Crippen molar-refractivity contribution >= 4 is 43.6 Å². The normalized spacial score (nSPS) is 12.8. The van der Waals surface area contributed by atoms with Gasteiger partial charge in [-0.05, 0) is 34.9 Å². The minimum absolute atomic E-state index is 0.0304. The summed E-state index contributed by atoms with van der Waals surface area (Å²) in [6, 6.07) is 55.4. The third kappa shape index (κ3) is 5.13. The van der Waals surface area contributed by atoms with Gasteiger partial charge in [-0.3, -0.25) is 4.57 Å². The smallest absolute Gasteiger partial charge is 0.238 e. The molecule has 0 radical (unpaired) electrons. The van der Waals surface area contributed by atoms with Crippen molar-refractivity contribution in [3.63, 3.8) is 0 Å². The van der Waals surface area contributed by atoms with Crippen LogP contribution in [0, 0.1) is 0 Å². The molecule has 0 atom stereocenters. The lowest BCUT2D eigenvalue weighted by Crippen LogP contribution is -2.07. The number of fused-ring (bicyclic) bond motifs is 7.